The van der Waals surface area contributed by atoms with Gasteiger partial charge in [0.05, 0.1) is 19.9 Å². The molecule has 0 aliphatic rings. The molecule has 0 bridgehead atoms. The third-order valence-corrected chi connectivity index (χ3v) is 2.99. The molecule has 0 spiro atoms. The summed E-state index contributed by atoms with van der Waals surface area (Å²) in [6, 6.07) is 7.27. The van der Waals surface area contributed by atoms with Crippen LogP contribution in [0.15, 0.2) is 36.7 Å². The Balaban J connectivity index is 2.17. The Labute approximate surface area is 124 Å². The van der Waals surface area contributed by atoms with Gasteiger partial charge in [0.1, 0.15) is 5.75 Å². The number of aliphatic hydroxyl groups excluding tert-OH is 1. The van der Waals surface area contributed by atoms with Crippen molar-refractivity contribution in [3.63, 3.8) is 0 Å². The van der Waals surface area contributed by atoms with Crippen molar-refractivity contribution in [2.75, 3.05) is 13.7 Å². The van der Waals surface area contributed by atoms with E-state index in [4.69, 9.17) is 14.6 Å². The van der Waals surface area contributed by atoms with E-state index in [1.807, 2.05) is 12.3 Å². The number of aliphatic hydroxyl groups is 1. The minimum atomic E-state index is -0.0314. The number of nitrogens with one attached hydrogen (secondary N) is 1. The van der Waals surface area contributed by atoms with Crippen molar-refractivity contribution < 1.29 is 14.6 Å². The normalized spacial score (nSPS) is 10.4. The second-order valence-corrected chi connectivity index (χ2v) is 4.55. The highest BCUT2D eigenvalue weighted by molar-refractivity contribution is 5.45. The fourth-order valence-electron chi connectivity index (χ4n) is 1.91. The molecule has 5 heteroatoms. The van der Waals surface area contributed by atoms with E-state index in [1.165, 1.54) is 0 Å². The van der Waals surface area contributed by atoms with Crippen molar-refractivity contribution in [1.82, 2.24) is 10.3 Å². The van der Waals surface area contributed by atoms with Crippen LogP contribution in [0.25, 0.3) is 0 Å². The molecule has 2 rings (SSSR count). The van der Waals surface area contributed by atoms with Gasteiger partial charge in [-0.15, -0.1) is 0 Å². The number of pyridine rings is 1. The molecule has 1 aromatic carbocycles. The molecular formula is C16H20N2O3. The van der Waals surface area contributed by atoms with Gasteiger partial charge in [-0.3, -0.25) is 4.98 Å². The maximum Gasteiger partial charge on any atom is 0.169 e. The van der Waals surface area contributed by atoms with E-state index >= 15 is 0 Å². The largest absolute Gasteiger partial charge is 0.493 e. The van der Waals surface area contributed by atoms with Crippen molar-refractivity contribution in [3.05, 3.63) is 47.8 Å². The van der Waals surface area contributed by atoms with Gasteiger partial charge < -0.3 is 19.9 Å². The molecular weight excluding hydrogens is 268 g/mol. The fraction of sp³-hybridized carbons (Fsp3) is 0.312. The molecule has 112 valence electrons. The Hall–Kier alpha value is -2.11. The van der Waals surface area contributed by atoms with Crippen molar-refractivity contribution in [2.24, 2.45) is 0 Å². The lowest BCUT2D eigenvalue weighted by atomic mass is 10.2. The first kappa shape index (κ1) is 15.3. The van der Waals surface area contributed by atoms with Crippen molar-refractivity contribution >= 4 is 0 Å². The molecule has 0 saturated carbocycles. The number of hydrogen-bond donors (Lipinski definition) is 2. The Morgan fingerprint density at radius 2 is 2.00 bits per heavy atom. The molecule has 0 amide bonds. The van der Waals surface area contributed by atoms with Crippen molar-refractivity contribution in [1.29, 1.82) is 0 Å². The van der Waals surface area contributed by atoms with Gasteiger partial charge in [0.25, 0.3) is 0 Å². The summed E-state index contributed by atoms with van der Waals surface area (Å²) in [5.74, 6) is 1.83. The predicted octanol–water partition coefficient (Wildman–Crippen LogP) is 2.48. The number of methoxy groups -OCH3 is 1. The topological polar surface area (TPSA) is 63.6 Å². The summed E-state index contributed by atoms with van der Waals surface area (Å²) in [6.07, 6.45) is 3.47. The summed E-state index contributed by atoms with van der Waals surface area (Å²) >= 11 is 0. The van der Waals surface area contributed by atoms with Crippen molar-refractivity contribution in [2.45, 2.75) is 20.1 Å². The van der Waals surface area contributed by atoms with E-state index in [1.54, 1.807) is 31.5 Å². The molecule has 2 aromatic rings. The molecule has 0 radical (unpaired) electrons. The van der Waals surface area contributed by atoms with Crippen LogP contribution in [0.2, 0.25) is 0 Å². The lowest BCUT2D eigenvalue weighted by molar-refractivity contribution is 0.280. The van der Waals surface area contributed by atoms with Gasteiger partial charge in [-0.1, -0.05) is 13.0 Å². The number of hydrogen-bond acceptors (Lipinski definition) is 5. The highest BCUT2D eigenvalue weighted by Gasteiger charge is 2.07. The summed E-state index contributed by atoms with van der Waals surface area (Å²) < 4.78 is 11.1. The van der Waals surface area contributed by atoms with Crippen LogP contribution in [-0.2, 0) is 13.2 Å². The zero-order chi connectivity index (χ0) is 15.1. The van der Waals surface area contributed by atoms with Crippen LogP contribution < -0.4 is 14.8 Å². The molecule has 0 atom stereocenters. The molecule has 0 saturated heterocycles. The van der Waals surface area contributed by atoms with Crippen LogP contribution in [0.4, 0.5) is 0 Å². The number of benzene rings is 1. The molecule has 0 aliphatic heterocycles. The van der Waals surface area contributed by atoms with Gasteiger partial charge >= 0.3 is 0 Å². The minimum Gasteiger partial charge on any atom is -0.493 e. The van der Waals surface area contributed by atoms with E-state index in [0.717, 1.165) is 24.2 Å². The van der Waals surface area contributed by atoms with Crippen LogP contribution in [0, 0.1) is 0 Å². The van der Waals surface area contributed by atoms with Crippen LogP contribution in [-0.4, -0.2) is 23.7 Å². The number of rotatable bonds is 7. The summed E-state index contributed by atoms with van der Waals surface area (Å²) in [4.78, 5) is 4.18. The molecule has 2 N–H and O–H groups in total. The Morgan fingerprint density at radius 1 is 1.14 bits per heavy atom. The molecule has 0 fully saturated rings. The summed E-state index contributed by atoms with van der Waals surface area (Å²) in [5.41, 5.74) is 1.83. The third kappa shape index (κ3) is 4.18. The molecule has 1 heterocycles. The van der Waals surface area contributed by atoms with E-state index in [9.17, 15) is 0 Å². The first-order valence-corrected chi connectivity index (χ1v) is 6.87. The van der Waals surface area contributed by atoms with Crippen LogP contribution in [0.5, 0.6) is 17.2 Å². The molecule has 0 unspecified atom stereocenters. The van der Waals surface area contributed by atoms with Gasteiger partial charge in [0.15, 0.2) is 11.5 Å². The maximum absolute atomic E-state index is 9.14. The molecule has 1 aromatic heterocycles. The summed E-state index contributed by atoms with van der Waals surface area (Å²) in [6.45, 7) is 3.68. The standard InChI is InChI=1S/C16H20N2O3/c1-3-17-8-13-6-14(10-18-9-13)21-15-5-4-12(11-19)7-16(15)20-2/h4-7,9-10,17,19H,3,8,11H2,1-2H3. The average molecular weight is 288 g/mol. The SMILES string of the molecule is CCNCc1cncc(Oc2ccc(CO)cc2OC)c1. The van der Waals surface area contributed by atoms with Crippen LogP contribution >= 0.6 is 0 Å². The number of nitrogens with zero attached hydrogens (tertiary/aromatic N) is 1. The van der Waals surface area contributed by atoms with Crippen LogP contribution in [0.3, 0.4) is 0 Å². The lowest BCUT2D eigenvalue weighted by Gasteiger charge is -2.12. The van der Waals surface area contributed by atoms with Gasteiger partial charge in [-0.05, 0) is 35.9 Å². The second-order valence-electron chi connectivity index (χ2n) is 4.55. The van der Waals surface area contributed by atoms with E-state index in [-0.39, 0.29) is 6.61 Å². The summed E-state index contributed by atoms with van der Waals surface area (Å²) in [7, 11) is 1.57. The zero-order valence-electron chi connectivity index (χ0n) is 12.3. The first-order valence-electron chi connectivity index (χ1n) is 6.87. The van der Waals surface area contributed by atoms with Crippen LogP contribution in [0.1, 0.15) is 18.1 Å². The summed E-state index contributed by atoms with van der Waals surface area (Å²) in [5, 5.41) is 12.4. The van der Waals surface area contributed by atoms with Gasteiger partial charge in [0.2, 0.25) is 0 Å². The zero-order valence-corrected chi connectivity index (χ0v) is 12.3. The maximum atomic E-state index is 9.14. The smallest absolute Gasteiger partial charge is 0.169 e. The fourth-order valence-corrected chi connectivity index (χ4v) is 1.91. The Morgan fingerprint density at radius 3 is 2.71 bits per heavy atom. The second kappa shape index (κ2) is 7.61. The minimum absolute atomic E-state index is 0.0314. The van der Waals surface area contributed by atoms with Crippen molar-refractivity contribution in [3.8, 4) is 17.2 Å². The highest BCUT2D eigenvalue weighted by atomic mass is 16.5. The monoisotopic (exact) mass is 288 g/mol. The molecule has 21 heavy (non-hydrogen) atoms. The van der Waals surface area contributed by atoms with E-state index < -0.39 is 0 Å². The molecule has 0 aliphatic carbocycles. The Kier molecular flexibility index (Phi) is 5.54. The van der Waals surface area contributed by atoms with Gasteiger partial charge in [0, 0.05) is 12.7 Å². The number of ether oxygens (including phenoxy) is 2. The third-order valence-electron chi connectivity index (χ3n) is 2.99. The van der Waals surface area contributed by atoms with Gasteiger partial charge in [-0.2, -0.15) is 0 Å². The average Bonchev–Trinajstić information content (AvgIpc) is 2.53. The molecule has 5 nitrogen and oxygen atoms in total. The van der Waals surface area contributed by atoms with Gasteiger partial charge in [-0.25, -0.2) is 0 Å². The first-order chi connectivity index (χ1) is 10.3. The quantitative estimate of drug-likeness (QED) is 0.819. The lowest BCUT2D eigenvalue weighted by Crippen LogP contribution is -2.11. The predicted molar refractivity (Wildman–Crippen MR) is 80.6 cm³/mol. The number of aromatic nitrogens is 1. The highest BCUT2D eigenvalue weighted by Crippen LogP contribution is 2.32. The van der Waals surface area contributed by atoms with E-state index in [0.29, 0.717) is 17.2 Å². The Bertz CT molecular complexity index is 587. The van der Waals surface area contributed by atoms with E-state index in [2.05, 4.69) is 17.2 Å².